The van der Waals surface area contributed by atoms with Crippen LogP contribution in [-0.4, -0.2) is 20.5 Å². The molecule has 0 spiro atoms. The van der Waals surface area contributed by atoms with Crippen LogP contribution in [-0.2, 0) is 7.05 Å². The third-order valence-electron chi connectivity index (χ3n) is 3.26. The summed E-state index contributed by atoms with van der Waals surface area (Å²) in [5.74, 6) is 0.783. The molecule has 0 aliphatic heterocycles. The average Bonchev–Trinajstić information content (AvgIpc) is 2.89. The van der Waals surface area contributed by atoms with Crippen molar-refractivity contribution in [3.05, 3.63) is 54.4 Å². The summed E-state index contributed by atoms with van der Waals surface area (Å²) in [4.78, 5) is 0. The molecular weight excluding hydrogens is 268 g/mol. The van der Waals surface area contributed by atoms with Gasteiger partial charge in [-0.2, -0.15) is 0 Å². The van der Waals surface area contributed by atoms with Gasteiger partial charge in [-0.25, -0.2) is 0 Å². The standard InChI is InChI=1S/C15H16N4S/c1-19-10-17-18-15(19)20-9-14(16)13-7-6-11-4-2-3-5-12(11)8-13/h2-8,10,14H,9,16H2,1H3. The highest BCUT2D eigenvalue weighted by atomic mass is 32.2. The summed E-state index contributed by atoms with van der Waals surface area (Å²) in [7, 11) is 1.93. The third-order valence-corrected chi connectivity index (χ3v) is 4.42. The molecule has 0 amide bonds. The number of hydrogen-bond acceptors (Lipinski definition) is 4. The van der Waals surface area contributed by atoms with Gasteiger partial charge in [-0.05, 0) is 22.4 Å². The first-order chi connectivity index (χ1) is 9.74. The van der Waals surface area contributed by atoms with Gasteiger partial charge >= 0.3 is 0 Å². The van der Waals surface area contributed by atoms with Gasteiger partial charge in [0.2, 0.25) is 0 Å². The van der Waals surface area contributed by atoms with E-state index in [1.807, 2.05) is 23.7 Å². The molecule has 102 valence electrons. The van der Waals surface area contributed by atoms with Crippen LogP contribution in [0.5, 0.6) is 0 Å². The van der Waals surface area contributed by atoms with Gasteiger partial charge in [-0.1, -0.05) is 48.2 Å². The minimum atomic E-state index is -0.0127. The Morgan fingerprint density at radius 1 is 1.20 bits per heavy atom. The molecule has 5 heteroatoms. The van der Waals surface area contributed by atoms with Crippen LogP contribution < -0.4 is 5.73 Å². The molecule has 2 aromatic carbocycles. The SMILES string of the molecule is Cn1cnnc1SCC(N)c1ccc2ccccc2c1. The number of thioether (sulfide) groups is 1. The molecule has 4 nitrogen and oxygen atoms in total. The largest absolute Gasteiger partial charge is 0.323 e. The van der Waals surface area contributed by atoms with Gasteiger partial charge in [0, 0.05) is 18.8 Å². The first-order valence-corrected chi connectivity index (χ1v) is 7.43. The Morgan fingerprint density at radius 3 is 2.75 bits per heavy atom. The smallest absolute Gasteiger partial charge is 0.190 e. The van der Waals surface area contributed by atoms with E-state index in [4.69, 9.17) is 5.73 Å². The monoisotopic (exact) mass is 284 g/mol. The molecule has 3 rings (SSSR count). The molecule has 2 N–H and O–H groups in total. The predicted molar refractivity (Wildman–Crippen MR) is 82.6 cm³/mol. The zero-order chi connectivity index (χ0) is 13.9. The summed E-state index contributed by atoms with van der Waals surface area (Å²) in [6.45, 7) is 0. The van der Waals surface area contributed by atoms with E-state index in [2.05, 4.69) is 40.5 Å². The molecule has 0 bridgehead atoms. The van der Waals surface area contributed by atoms with Crippen LogP contribution in [0.25, 0.3) is 10.8 Å². The summed E-state index contributed by atoms with van der Waals surface area (Å²) in [6, 6.07) is 14.7. The maximum Gasteiger partial charge on any atom is 0.190 e. The highest BCUT2D eigenvalue weighted by Gasteiger charge is 2.09. The van der Waals surface area contributed by atoms with Gasteiger partial charge < -0.3 is 10.3 Å². The molecule has 1 atom stereocenters. The molecule has 1 heterocycles. The normalized spacial score (nSPS) is 12.7. The van der Waals surface area contributed by atoms with Crippen molar-refractivity contribution in [1.29, 1.82) is 0 Å². The Kier molecular flexibility index (Phi) is 3.71. The van der Waals surface area contributed by atoms with Crippen molar-refractivity contribution in [2.75, 3.05) is 5.75 Å². The minimum Gasteiger partial charge on any atom is -0.323 e. The fraction of sp³-hybridized carbons (Fsp3) is 0.200. The second-order valence-electron chi connectivity index (χ2n) is 4.75. The van der Waals surface area contributed by atoms with Crippen LogP contribution in [0.1, 0.15) is 11.6 Å². The second-order valence-corrected chi connectivity index (χ2v) is 5.74. The van der Waals surface area contributed by atoms with E-state index in [1.54, 1.807) is 18.1 Å². The molecular formula is C15H16N4S. The molecule has 0 fully saturated rings. The van der Waals surface area contributed by atoms with Gasteiger partial charge in [0.15, 0.2) is 5.16 Å². The van der Waals surface area contributed by atoms with Crippen LogP contribution in [0.2, 0.25) is 0 Å². The quantitative estimate of drug-likeness (QED) is 0.748. The third kappa shape index (κ3) is 2.69. The van der Waals surface area contributed by atoms with E-state index in [0.717, 1.165) is 16.5 Å². The number of aryl methyl sites for hydroxylation is 1. The first-order valence-electron chi connectivity index (χ1n) is 6.45. The summed E-state index contributed by atoms with van der Waals surface area (Å²) in [5, 5.41) is 11.3. The minimum absolute atomic E-state index is 0.0127. The summed E-state index contributed by atoms with van der Waals surface area (Å²) < 4.78 is 1.90. The molecule has 1 aromatic heterocycles. The first kappa shape index (κ1) is 13.1. The van der Waals surface area contributed by atoms with Crippen molar-refractivity contribution in [3.8, 4) is 0 Å². The molecule has 3 aromatic rings. The van der Waals surface area contributed by atoms with Gasteiger partial charge in [0.05, 0.1) is 0 Å². The van der Waals surface area contributed by atoms with Crippen molar-refractivity contribution in [3.63, 3.8) is 0 Å². The fourth-order valence-corrected chi connectivity index (χ4v) is 2.98. The zero-order valence-corrected chi connectivity index (χ0v) is 12.0. The summed E-state index contributed by atoms with van der Waals surface area (Å²) >= 11 is 1.63. The Hall–Kier alpha value is -1.85. The lowest BCUT2D eigenvalue weighted by Crippen LogP contribution is -2.13. The van der Waals surface area contributed by atoms with Crippen LogP contribution in [0.15, 0.2) is 53.9 Å². The summed E-state index contributed by atoms with van der Waals surface area (Å²) in [5.41, 5.74) is 7.43. The molecule has 0 saturated carbocycles. The average molecular weight is 284 g/mol. The van der Waals surface area contributed by atoms with Gasteiger partial charge in [0.1, 0.15) is 6.33 Å². The van der Waals surface area contributed by atoms with E-state index in [9.17, 15) is 0 Å². The number of rotatable bonds is 4. The van der Waals surface area contributed by atoms with Crippen molar-refractivity contribution in [1.82, 2.24) is 14.8 Å². The Morgan fingerprint density at radius 2 is 2.00 bits per heavy atom. The Bertz CT molecular complexity index is 722. The number of nitrogens with two attached hydrogens (primary N) is 1. The van der Waals surface area contributed by atoms with Gasteiger partial charge in [-0.3, -0.25) is 0 Å². The van der Waals surface area contributed by atoms with Crippen LogP contribution in [0, 0.1) is 0 Å². The molecule has 0 aliphatic rings. The van der Waals surface area contributed by atoms with Crippen molar-refractivity contribution in [2.24, 2.45) is 12.8 Å². The number of nitrogens with zero attached hydrogens (tertiary/aromatic N) is 3. The topological polar surface area (TPSA) is 56.7 Å². The number of hydrogen-bond donors (Lipinski definition) is 1. The predicted octanol–water partition coefficient (Wildman–Crippen LogP) is 2.76. The number of benzene rings is 2. The van der Waals surface area contributed by atoms with E-state index < -0.39 is 0 Å². The molecule has 0 radical (unpaired) electrons. The molecule has 1 unspecified atom stereocenters. The lowest BCUT2D eigenvalue weighted by atomic mass is 10.0. The molecule has 20 heavy (non-hydrogen) atoms. The maximum atomic E-state index is 6.27. The van der Waals surface area contributed by atoms with Crippen LogP contribution in [0.3, 0.4) is 0 Å². The van der Waals surface area contributed by atoms with E-state index in [1.165, 1.54) is 10.8 Å². The van der Waals surface area contributed by atoms with Crippen molar-refractivity contribution in [2.45, 2.75) is 11.2 Å². The number of fused-ring (bicyclic) bond motifs is 1. The van der Waals surface area contributed by atoms with E-state index >= 15 is 0 Å². The van der Waals surface area contributed by atoms with Gasteiger partial charge in [0.25, 0.3) is 0 Å². The maximum absolute atomic E-state index is 6.27. The highest BCUT2D eigenvalue weighted by Crippen LogP contribution is 2.24. The van der Waals surface area contributed by atoms with E-state index in [0.29, 0.717) is 0 Å². The Labute approximate surface area is 122 Å². The van der Waals surface area contributed by atoms with E-state index in [-0.39, 0.29) is 6.04 Å². The van der Waals surface area contributed by atoms with Crippen molar-refractivity contribution < 1.29 is 0 Å². The highest BCUT2D eigenvalue weighted by molar-refractivity contribution is 7.99. The molecule has 0 aliphatic carbocycles. The van der Waals surface area contributed by atoms with Crippen LogP contribution >= 0.6 is 11.8 Å². The van der Waals surface area contributed by atoms with Gasteiger partial charge in [-0.15, -0.1) is 10.2 Å². The fourth-order valence-electron chi connectivity index (χ4n) is 2.10. The lowest BCUT2D eigenvalue weighted by molar-refractivity contribution is 0.778. The zero-order valence-electron chi connectivity index (χ0n) is 11.2. The van der Waals surface area contributed by atoms with Crippen LogP contribution in [0.4, 0.5) is 0 Å². The lowest BCUT2D eigenvalue weighted by Gasteiger charge is -2.12. The summed E-state index contributed by atoms with van der Waals surface area (Å²) in [6.07, 6.45) is 1.70. The van der Waals surface area contributed by atoms with Crippen molar-refractivity contribution >= 4 is 22.5 Å². The Balaban J connectivity index is 1.75. The molecule has 0 saturated heterocycles. The number of aromatic nitrogens is 3. The second kappa shape index (κ2) is 5.64.